The Hall–Kier alpha value is -1.29. The van der Waals surface area contributed by atoms with Gasteiger partial charge in [-0.3, -0.25) is 0 Å². The highest BCUT2D eigenvalue weighted by Crippen LogP contribution is 2.57. The maximum absolute atomic E-state index is 12.6. The van der Waals surface area contributed by atoms with E-state index in [0.717, 1.165) is 19.3 Å². The zero-order valence-corrected chi connectivity index (χ0v) is 14.3. The van der Waals surface area contributed by atoms with E-state index in [9.17, 15) is 31.1 Å². The number of aliphatic hydroxyl groups is 1. The average molecular weight is 402 g/mol. The maximum Gasteiger partial charge on any atom is 0.453 e. The van der Waals surface area contributed by atoms with Crippen LogP contribution in [-0.4, -0.2) is 41.4 Å². The Morgan fingerprint density at radius 1 is 0.963 bits per heavy atom. The molecule has 0 aliphatic heterocycles. The molecule has 0 aromatic carbocycles. The van der Waals surface area contributed by atoms with Gasteiger partial charge in [0.15, 0.2) is 0 Å². The van der Waals surface area contributed by atoms with Crippen LogP contribution in [0.5, 0.6) is 0 Å². The van der Waals surface area contributed by atoms with Gasteiger partial charge in [-0.1, -0.05) is 6.58 Å². The first-order valence-corrected chi connectivity index (χ1v) is 8.65. The summed E-state index contributed by atoms with van der Waals surface area (Å²) in [6.45, 7) is 1.72. The first-order valence-electron chi connectivity index (χ1n) is 8.65. The van der Waals surface area contributed by atoms with E-state index >= 15 is 0 Å². The standard InChI is InChI=1S/C17H20F6O4/c1-9(8-26-15(25,16(18,19)20)17(21,22)23)13(24)27-14-5-10-2-11(6-14)4-12(3-10)7-14/h10-12,25H,1-8H2. The molecule has 1 N–H and O–H groups in total. The summed E-state index contributed by atoms with van der Waals surface area (Å²) in [5, 5.41) is 8.95. The Bertz CT molecular complexity index is 575. The van der Waals surface area contributed by atoms with Gasteiger partial charge in [-0.05, 0) is 56.3 Å². The minimum Gasteiger partial charge on any atom is -0.456 e. The van der Waals surface area contributed by atoms with Gasteiger partial charge in [-0.2, -0.15) is 26.3 Å². The van der Waals surface area contributed by atoms with Gasteiger partial charge in [0.05, 0.1) is 12.2 Å². The molecule has 27 heavy (non-hydrogen) atoms. The highest BCUT2D eigenvalue weighted by molar-refractivity contribution is 5.88. The van der Waals surface area contributed by atoms with Crippen LogP contribution < -0.4 is 0 Å². The molecule has 0 spiro atoms. The van der Waals surface area contributed by atoms with Gasteiger partial charge in [-0.25, -0.2) is 4.79 Å². The number of hydrogen-bond donors (Lipinski definition) is 1. The molecule has 4 rings (SSSR count). The fourth-order valence-electron chi connectivity index (χ4n) is 5.00. The Morgan fingerprint density at radius 3 is 1.74 bits per heavy atom. The number of hydrogen-bond acceptors (Lipinski definition) is 4. The molecule has 4 saturated carbocycles. The molecule has 0 unspecified atom stereocenters. The molecule has 4 aliphatic carbocycles. The Morgan fingerprint density at radius 2 is 1.37 bits per heavy atom. The fraction of sp³-hybridized carbons (Fsp3) is 0.824. The Labute approximate surface area is 151 Å². The minimum atomic E-state index is -6.13. The molecule has 4 nitrogen and oxygen atoms in total. The first kappa shape index (κ1) is 20.4. The van der Waals surface area contributed by atoms with Crippen LogP contribution in [0.15, 0.2) is 12.2 Å². The van der Waals surface area contributed by atoms with E-state index in [0.29, 0.717) is 37.0 Å². The van der Waals surface area contributed by atoms with Crippen molar-refractivity contribution in [1.29, 1.82) is 0 Å². The molecule has 154 valence electrons. The molecule has 0 aromatic rings. The second kappa shape index (κ2) is 6.37. The van der Waals surface area contributed by atoms with E-state index in [-0.39, 0.29) is 0 Å². The van der Waals surface area contributed by atoms with Crippen LogP contribution >= 0.6 is 0 Å². The predicted octanol–water partition coefficient (Wildman–Crippen LogP) is 3.88. The summed E-state index contributed by atoms with van der Waals surface area (Å²) >= 11 is 0. The maximum atomic E-state index is 12.6. The van der Waals surface area contributed by atoms with Crippen LogP contribution in [0.25, 0.3) is 0 Å². The van der Waals surface area contributed by atoms with E-state index in [2.05, 4.69) is 11.3 Å². The molecule has 4 aliphatic rings. The molecule has 4 bridgehead atoms. The summed E-state index contributed by atoms with van der Waals surface area (Å²) in [6.07, 6.45) is -7.14. The summed E-state index contributed by atoms with van der Waals surface area (Å²) in [4.78, 5) is 12.2. The van der Waals surface area contributed by atoms with Gasteiger partial charge in [0.1, 0.15) is 5.60 Å². The number of alkyl halides is 6. The number of halogens is 6. The Balaban J connectivity index is 1.62. The lowest BCUT2D eigenvalue weighted by molar-refractivity contribution is -0.455. The van der Waals surface area contributed by atoms with E-state index in [1.54, 1.807) is 0 Å². The number of ether oxygens (including phenoxy) is 2. The molecule has 4 fully saturated rings. The monoisotopic (exact) mass is 402 g/mol. The lowest BCUT2D eigenvalue weighted by atomic mass is 9.54. The number of rotatable bonds is 5. The SMILES string of the molecule is C=C(COC(O)(C(F)(F)F)C(F)(F)F)C(=O)OC12CC3CC(CC(C3)C1)C2. The summed E-state index contributed by atoms with van der Waals surface area (Å²) in [7, 11) is 0. The molecule has 0 saturated heterocycles. The zero-order chi connectivity index (χ0) is 20.3. The van der Waals surface area contributed by atoms with Gasteiger partial charge in [0, 0.05) is 0 Å². The number of carbonyl (C=O) groups is 1. The predicted molar refractivity (Wildman–Crippen MR) is 79.1 cm³/mol. The lowest BCUT2D eigenvalue weighted by Gasteiger charge is -2.55. The molecular weight excluding hydrogens is 382 g/mol. The topological polar surface area (TPSA) is 55.8 Å². The van der Waals surface area contributed by atoms with Crippen LogP contribution in [0.2, 0.25) is 0 Å². The molecule has 0 aromatic heterocycles. The van der Waals surface area contributed by atoms with Crippen molar-refractivity contribution in [2.45, 2.75) is 62.3 Å². The van der Waals surface area contributed by atoms with Crippen molar-refractivity contribution in [3.63, 3.8) is 0 Å². The summed E-state index contributed by atoms with van der Waals surface area (Å²) in [5.41, 5.74) is -1.43. The van der Waals surface area contributed by atoms with Crippen LogP contribution in [0, 0.1) is 17.8 Å². The lowest BCUT2D eigenvalue weighted by Crippen LogP contribution is -2.59. The Kier molecular flexibility index (Phi) is 4.82. The van der Waals surface area contributed by atoms with E-state index < -0.39 is 41.9 Å². The number of carbonyl (C=O) groups excluding carboxylic acids is 1. The highest BCUT2D eigenvalue weighted by Gasteiger charge is 2.72. The average Bonchev–Trinajstić information content (AvgIpc) is 2.48. The summed E-state index contributed by atoms with van der Waals surface area (Å²) in [6, 6.07) is 0. The van der Waals surface area contributed by atoms with E-state index in [1.165, 1.54) is 0 Å². The molecule has 0 radical (unpaired) electrons. The van der Waals surface area contributed by atoms with Crippen molar-refractivity contribution in [2.75, 3.05) is 6.61 Å². The second-order valence-electron chi connectivity index (χ2n) is 8.02. The third kappa shape index (κ3) is 3.70. The first-order chi connectivity index (χ1) is 12.2. The normalized spacial score (nSPS) is 33.2. The quantitative estimate of drug-likeness (QED) is 0.328. The molecule has 0 heterocycles. The summed E-state index contributed by atoms with van der Waals surface area (Å²) < 4.78 is 84.7. The molecule has 0 atom stereocenters. The van der Waals surface area contributed by atoms with Crippen molar-refractivity contribution in [1.82, 2.24) is 0 Å². The third-order valence-corrected chi connectivity index (χ3v) is 5.80. The number of esters is 1. The van der Waals surface area contributed by atoms with Crippen molar-refractivity contribution in [2.24, 2.45) is 17.8 Å². The molecule has 0 amide bonds. The smallest absolute Gasteiger partial charge is 0.453 e. The zero-order valence-electron chi connectivity index (χ0n) is 14.3. The van der Waals surface area contributed by atoms with Crippen LogP contribution in [0.1, 0.15) is 38.5 Å². The second-order valence-corrected chi connectivity index (χ2v) is 8.02. The fourth-order valence-corrected chi connectivity index (χ4v) is 5.00. The van der Waals surface area contributed by atoms with Crippen LogP contribution in [0.4, 0.5) is 26.3 Å². The van der Waals surface area contributed by atoms with Crippen LogP contribution in [-0.2, 0) is 14.3 Å². The molecular formula is C17H20F6O4. The van der Waals surface area contributed by atoms with Crippen LogP contribution in [0.3, 0.4) is 0 Å². The van der Waals surface area contributed by atoms with Gasteiger partial charge in [0.25, 0.3) is 0 Å². The van der Waals surface area contributed by atoms with Crippen molar-refractivity contribution in [3.05, 3.63) is 12.2 Å². The van der Waals surface area contributed by atoms with Crippen molar-refractivity contribution >= 4 is 5.97 Å². The van der Waals surface area contributed by atoms with Gasteiger partial charge in [-0.15, -0.1) is 0 Å². The van der Waals surface area contributed by atoms with Gasteiger partial charge >= 0.3 is 24.1 Å². The van der Waals surface area contributed by atoms with E-state index in [4.69, 9.17) is 9.84 Å². The van der Waals surface area contributed by atoms with Crippen molar-refractivity contribution < 1.29 is 45.7 Å². The summed E-state index contributed by atoms with van der Waals surface area (Å²) in [5.74, 6) is -5.20. The van der Waals surface area contributed by atoms with Crippen molar-refractivity contribution in [3.8, 4) is 0 Å². The minimum absolute atomic E-state index is 0.425. The third-order valence-electron chi connectivity index (χ3n) is 5.80. The highest BCUT2D eigenvalue weighted by atomic mass is 19.4. The van der Waals surface area contributed by atoms with E-state index in [1.807, 2.05) is 0 Å². The molecule has 10 heteroatoms. The van der Waals surface area contributed by atoms with Gasteiger partial charge in [0.2, 0.25) is 0 Å². The van der Waals surface area contributed by atoms with Gasteiger partial charge < -0.3 is 14.6 Å². The largest absolute Gasteiger partial charge is 0.456 e.